The van der Waals surface area contributed by atoms with Gasteiger partial charge in [0, 0.05) is 18.6 Å². The molecule has 1 rings (SSSR count). The minimum atomic E-state index is 0.743. The maximum atomic E-state index is 5.80. The van der Waals surface area contributed by atoms with Crippen molar-refractivity contribution in [3.8, 4) is 0 Å². The number of hydrogen-bond acceptors (Lipinski definition) is 2. The molecule has 2 N–H and O–H groups in total. The Kier molecular flexibility index (Phi) is 5.62. The second-order valence-corrected chi connectivity index (χ2v) is 5.08. The summed E-state index contributed by atoms with van der Waals surface area (Å²) in [4.78, 5) is 2.71. The Morgan fingerprint density at radius 2 is 2.07 bits per heavy atom. The van der Waals surface area contributed by atoms with Gasteiger partial charge in [-0.1, -0.05) is 20.3 Å². The molecule has 0 amide bonds. The van der Waals surface area contributed by atoms with Crippen LogP contribution in [-0.2, 0) is 0 Å². The van der Waals surface area contributed by atoms with Gasteiger partial charge in [-0.3, -0.25) is 4.90 Å². The van der Waals surface area contributed by atoms with E-state index < -0.39 is 0 Å². The first-order chi connectivity index (χ1) is 7.22. The summed E-state index contributed by atoms with van der Waals surface area (Å²) in [5, 5.41) is 0. The van der Waals surface area contributed by atoms with Crippen LogP contribution in [0.4, 0.5) is 0 Å². The molecule has 90 valence electrons. The highest BCUT2D eigenvalue weighted by molar-refractivity contribution is 4.83. The van der Waals surface area contributed by atoms with Gasteiger partial charge in [-0.15, -0.1) is 0 Å². The number of piperidine rings is 1. The van der Waals surface area contributed by atoms with Crippen LogP contribution in [0.3, 0.4) is 0 Å². The summed E-state index contributed by atoms with van der Waals surface area (Å²) in [5.41, 5.74) is 5.80. The fourth-order valence-corrected chi connectivity index (χ4v) is 2.85. The molecule has 3 atom stereocenters. The van der Waals surface area contributed by atoms with Crippen LogP contribution in [0.15, 0.2) is 0 Å². The van der Waals surface area contributed by atoms with E-state index >= 15 is 0 Å². The fraction of sp³-hybridized carbons (Fsp3) is 1.00. The summed E-state index contributed by atoms with van der Waals surface area (Å²) in [6.45, 7) is 9.09. The minimum absolute atomic E-state index is 0.743. The molecule has 1 heterocycles. The Morgan fingerprint density at radius 1 is 1.33 bits per heavy atom. The highest BCUT2D eigenvalue weighted by Gasteiger charge is 2.28. The molecule has 1 fully saturated rings. The lowest BCUT2D eigenvalue weighted by atomic mass is 9.90. The molecule has 2 nitrogen and oxygen atoms in total. The summed E-state index contributed by atoms with van der Waals surface area (Å²) >= 11 is 0. The Bertz CT molecular complexity index is 170. The van der Waals surface area contributed by atoms with Gasteiger partial charge in [-0.25, -0.2) is 0 Å². The fourth-order valence-electron chi connectivity index (χ4n) is 2.85. The Labute approximate surface area is 95.2 Å². The van der Waals surface area contributed by atoms with Crippen LogP contribution < -0.4 is 5.73 Å². The summed E-state index contributed by atoms with van der Waals surface area (Å²) in [6.07, 6.45) is 6.60. The number of nitrogens with two attached hydrogens (primary N) is 1. The number of nitrogens with zero attached hydrogens (tertiary/aromatic N) is 1. The molecule has 0 aliphatic carbocycles. The van der Waals surface area contributed by atoms with E-state index in [-0.39, 0.29) is 0 Å². The largest absolute Gasteiger partial charge is 0.330 e. The minimum Gasteiger partial charge on any atom is -0.330 e. The number of rotatable bonds is 5. The Hall–Kier alpha value is -0.0800. The average Bonchev–Trinajstić information content (AvgIpc) is 2.27. The van der Waals surface area contributed by atoms with Crippen LogP contribution in [0.25, 0.3) is 0 Å². The molecule has 1 aliphatic heterocycles. The molecule has 0 aromatic heterocycles. The van der Waals surface area contributed by atoms with Crippen LogP contribution in [0.2, 0.25) is 0 Å². The lowest BCUT2D eigenvalue weighted by Crippen LogP contribution is -2.49. The zero-order chi connectivity index (χ0) is 11.3. The second-order valence-electron chi connectivity index (χ2n) is 5.08. The van der Waals surface area contributed by atoms with Crippen LogP contribution in [0.5, 0.6) is 0 Å². The molecule has 0 spiro atoms. The van der Waals surface area contributed by atoms with Gasteiger partial charge in [0.15, 0.2) is 0 Å². The van der Waals surface area contributed by atoms with E-state index in [2.05, 4.69) is 25.7 Å². The molecule has 0 bridgehead atoms. The molecule has 2 heteroatoms. The van der Waals surface area contributed by atoms with Gasteiger partial charge < -0.3 is 5.73 Å². The highest BCUT2D eigenvalue weighted by Crippen LogP contribution is 2.25. The van der Waals surface area contributed by atoms with Gasteiger partial charge in [0.05, 0.1) is 0 Å². The molecule has 1 saturated heterocycles. The van der Waals surface area contributed by atoms with Gasteiger partial charge in [0.2, 0.25) is 0 Å². The van der Waals surface area contributed by atoms with Gasteiger partial charge in [-0.2, -0.15) is 0 Å². The molecule has 15 heavy (non-hydrogen) atoms. The molecule has 3 unspecified atom stereocenters. The monoisotopic (exact) mass is 212 g/mol. The Balaban J connectivity index is 2.54. The zero-order valence-electron chi connectivity index (χ0n) is 10.7. The van der Waals surface area contributed by atoms with Gasteiger partial charge in [0.25, 0.3) is 0 Å². The van der Waals surface area contributed by atoms with Crippen molar-refractivity contribution in [1.29, 1.82) is 0 Å². The molecule has 0 radical (unpaired) electrons. The van der Waals surface area contributed by atoms with Crippen LogP contribution >= 0.6 is 0 Å². The van der Waals surface area contributed by atoms with E-state index in [1.807, 2.05) is 0 Å². The topological polar surface area (TPSA) is 29.3 Å². The van der Waals surface area contributed by atoms with Crippen molar-refractivity contribution in [3.05, 3.63) is 0 Å². The third-order valence-electron chi connectivity index (χ3n) is 3.92. The standard InChI is InChI=1S/C13H28N2/c1-4-6-13(5-2)15-10-12(9-14)8-7-11(15)3/h11-13H,4-10,14H2,1-3H3. The van der Waals surface area contributed by atoms with Crippen molar-refractivity contribution in [2.45, 2.75) is 65.0 Å². The molecule has 0 aromatic carbocycles. The van der Waals surface area contributed by atoms with Crippen molar-refractivity contribution in [2.75, 3.05) is 13.1 Å². The van der Waals surface area contributed by atoms with E-state index in [0.717, 1.165) is 24.5 Å². The molecule has 0 aromatic rings. The summed E-state index contributed by atoms with van der Waals surface area (Å²) < 4.78 is 0. The lowest BCUT2D eigenvalue weighted by Gasteiger charge is -2.42. The normalized spacial score (nSPS) is 30.4. The predicted octanol–water partition coefficient (Wildman–Crippen LogP) is 2.62. The summed E-state index contributed by atoms with van der Waals surface area (Å²) in [6, 6.07) is 1.56. The smallest absolute Gasteiger partial charge is 0.00954 e. The first kappa shape index (κ1) is 13.0. The van der Waals surface area contributed by atoms with E-state index in [9.17, 15) is 0 Å². The van der Waals surface area contributed by atoms with E-state index in [4.69, 9.17) is 5.73 Å². The van der Waals surface area contributed by atoms with E-state index in [1.54, 1.807) is 0 Å². The van der Waals surface area contributed by atoms with Crippen molar-refractivity contribution in [3.63, 3.8) is 0 Å². The summed E-state index contributed by atoms with van der Waals surface area (Å²) in [5.74, 6) is 0.743. The summed E-state index contributed by atoms with van der Waals surface area (Å²) in [7, 11) is 0. The second kappa shape index (κ2) is 6.49. The number of hydrogen-bond donors (Lipinski definition) is 1. The van der Waals surface area contributed by atoms with Gasteiger partial charge in [0.1, 0.15) is 0 Å². The van der Waals surface area contributed by atoms with Crippen molar-refractivity contribution < 1.29 is 0 Å². The van der Waals surface area contributed by atoms with Gasteiger partial charge >= 0.3 is 0 Å². The average molecular weight is 212 g/mol. The molecule has 1 aliphatic rings. The third-order valence-corrected chi connectivity index (χ3v) is 3.92. The van der Waals surface area contributed by atoms with E-state index in [0.29, 0.717) is 0 Å². The quantitative estimate of drug-likeness (QED) is 0.759. The maximum Gasteiger partial charge on any atom is 0.00954 e. The van der Waals surface area contributed by atoms with Gasteiger partial charge in [-0.05, 0) is 45.1 Å². The maximum absolute atomic E-state index is 5.80. The van der Waals surface area contributed by atoms with Crippen LogP contribution in [0, 0.1) is 5.92 Å². The SMILES string of the molecule is CCCC(CC)N1CC(CN)CCC1C. The highest BCUT2D eigenvalue weighted by atomic mass is 15.2. The van der Waals surface area contributed by atoms with Crippen molar-refractivity contribution in [1.82, 2.24) is 4.90 Å². The zero-order valence-corrected chi connectivity index (χ0v) is 10.7. The van der Waals surface area contributed by atoms with Crippen molar-refractivity contribution in [2.24, 2.45) is 11.7 Å². The van der Waals surface area contributed by atoms with Crippen LogP contribution in [0.1, 0.15) is 52.9 Å². The van der Waals surface area contributed by atoms with Crippen LogP contribution in [-0.4, -0.2) is 30.1 Å². The lowest BCUT2D eigenvalue weighted by molar-refractivity contribution is 0.0670. The number of likely N-dealkylation sites (tertiary alicyclic amines) is 1. The van der Waals surface area contributed by atoms with E-state index in [1.165, 1.54) is 38.6 Å². The molecular formula is C13H28N2. The predicted molar refractivity (Wildman–Crippen MR) is 66.9 cm³/mol. The Morgan fingerprint density at radius 3 is 2.60 bits per heavy atom. The first-order valence-corrected chi connectivity index (χ1v) is 6.68. The molecular weight excluding hydrogens is 184 g/mol. The first-order valence-electron chi connectivity index (χ1n) is 6.68. The van der Waals surface area contributed by atoms with Crippen molar-refractivity contribution >= 4 is 0 Å². The molecule has 0 saturated carbocycles. The third kappa shape index (κ3) is 3.46.